The molecule has 0 unspecified atom stereocenters. The number of carbonyl (C=O) groups is 1. The molecule has 27 heavy (non-hydrogen) atoms. The molecular weight excluding hydrogens is 348 g/mol. The van der Waals surface area contributed by atoms with Crippen molar-refractivity contribution in [2.45, 2.75) is 6.61 Å². The molecule has 7 nitrogen and oxygen atoms in total. The van der Waals surface area contributed by atoms with Gasteiger partial charge in [0.15, 0.2) is 12.4 Å². The molecule has 0 aliphatic carbocycles. The predicted octanol–water partition coefficient (Wildman–Crippen LogP) is 4.48. The molecule has 2 aromatic carbocycles. The zero-order valence-corrected chi connectivity index (χ0v) is 14.1. The molecule has 0 amide bonds. The van der Waals surface area contributed by atoms with E-state index in [1.807, 2.05) is 18.2 Å². The van der Waals surface area contributed by atoms with Crippen molar-refractivity contribution in [1.29, 1.82) is 0 Å². The van der Waals surface area contributed by atoms with Crippen molar-refractivity contribution in [3.63, 3.8) is 0 Å². The van der Waals surface area contributed by atoms with Crippen LogP contribution >= 0.6 is 0 Å². The molecule has 0 aliphatic heterocycles. The Labute approximate surface area is 154 Å². The van der Waals surface area contributed by atoms with Crippen molar-refractivity contribution in [2.24, 2.45) is 0 Å². The maximum Gasteiger partial charge on any atom is 0.342 e. The number of aromatic nitrogens is 2. The Morgan fingerprint density at radius 1 is 0.926 bits per heavy atom. The standard InChI is InChI=1S/C20H14N2O5/c23-20(25-13-18-21-22-19(27-18)17-11-6-12-24-17)15-9-4-5-10-16(15)26-14-7-2-1-3-8-14/h1-12H,13H2. The summed E-state index contributed by atoms with van der Waals surface area (Å²) in [5.74, 6) is 1.30. The lowest BCUT2D eigenvalue weighted by Crippen LogP contribution is -2.07. The molecule has 4 rings (SSSR count). The molecule has 4 aromatic rings. The Hall–Kier alpha value is -3.87. The van der Waals surface area contributed by atoms with Crippen molar-refractivity contribution in [2.75, 3.05) is 0 Å². The Morgan fingerprint density at radius 3 is 2.56 bits per heavy atom. The number of nitrogens with zero attached hydrogens (tertiary/aromatic N) is 2. The second kappa shape index (κ2) is 7.57. The number of hydrogen-bond donors (Lipinski definition) is 0. The summed E-state index contributed by atoms with van der Waals surface area (Å²) < 4.78 is 21.6. The van der Waals surface area contributed by atoms with E-state index in [-0.39, 0.29) is 18.4 Å². The molecule has 0 aliphatic rings. The molecule has 0 atom stereocenters. The zero-order chi connectivity index (χ0) is 18.5. The van der Waals surface area contributed by atoms with Gasteiger partial charge in [-0.05, 0) is 36.4 Å². The second-order valence-electron chi connectivity index (χ2n) is 5.47. The monoisotopic (exact) mass is 362 g/mol. The fourth-order valence-electron chi connectivity index (χ4n) is 2.36. The van der Waals surface area contributed by atoms with Crippen LogP contribution in [0, 0.1) is 0 Å². The van der Waals surface area contributed by atoms with Crippen molar-refractivity contribution in [1.82, 2.24) is 10.2 Å². The maximum absolute atomic E-state index is 12.5. The van der Waals surface area contributed by atoms with E-state index in [1.165, 1.54) is 6.26 Å². The van der Waals surface area contributed by atoms with Crippen LogP contribution in [0.3, 0.4) is 0 Å². The lowest BCUT2D eigenvalue weighted by atomic mass is 10.2. The van der Waals surface area contributed by atoms with Gasteiger partial charge >= 0.3 is 5.97 Å². The van der Waals surface area contributed by atoms with Gasteiger partial charge in [-0.25, -0.2) is 4.79 Å². The summed E-state index contributed by atoms with van der Waals surface area (Å²) in [6.07, 6.45) is 1.50. The number of para-hydroxylation sites is 2. The van der Waals surface area contributed by atoms with E-state index in [0.29, 0.717) is 22.8 Å². The van der Waals surface area contributed by atoms with Crippen LogP contribution in [0.5, 0.6) is 11.5 Å². The van der Waals surface area contributed by atoms with Crippen LogP contribution in [-0.2, 0) is 11.3 Å². The van der Waals surface area contributed by atoms with Crippen LogP contribution in [0.2, 0.25) is 0 Å². The minimum atomic E-state index is -0.556. The average molecular weight is 362 g/mol. The SMILES string of the molecule is O=C(OCc1nnc(-c2ccco2)o1)c1ccccc1Oc1ccccc1. The van der Waals surface area contributed by atoms with Gasteiger partial charge in [-0.15, -0.1) is 10.2 Å². The summed E-state index contributed by atoms with van der Waals surface area (Å²) in [6, 6.07) is 19.4. The van der Waals surface area contributed by atoms with Crippen LogP contribution in [0.1, 0.15) is 16.2 Å². The molecular formula is C20H14N2O5. The highest BCUT2D eigenvalue weighted by Gasteiger charge is 2.17. The first-order valence-corrected chi connectivity index (χ1v) is 8.15. The van der Waals surface area contributed by atoms with Crippen LogP contribution in [0.15, 0.2) is 81.8 Å². The van der Waals surface area contributed by atoms with Crippen LogP contribution in [-0.4, -0.2) is 16.2 Å². The molecule has 2 aromatic heterocycles. The fourth-order valence-corrected chi connectivity index (χ4v) is 2.36. The normalized spacial score (nSPS) is 10.5. The average Bonchev–Trinajstić information content (AvgIpc) is 3.39. The predicted molar refractivity (Wildman–Crippen MR) is 94.1 cm³/mol. The highest BCUT2D eigenvalue weighted by Crippen LogP contribution is 2.26. The number of rotatable bonds is 6. The summed E-state index contributed by atoms with van der Waals surface area (Å²) in [5.41, 5.74) is 0.298. The minimum absolute atomic E-state index is 0.161. The smallest absolute Gasteiger partial charge is 0.342 e. The van der Waals surface area contributed by atoms with Crippen molar-refractivity contribution < 1.29 is 23.1 Å². The van der Waals surface area contributed by atoms with Gasteiger partial charge in [-0.1, -0.05) is 30.3 Å². The summed E-state index contributed by atoms with van der Waals surface area (Å²) in [5, 5.41) is 7.70. The molecule has 0 saturated carbocycles. The van der Waals surface area contributed by atoms with E-state index in [1.54, 1.807) is 48.5 Å². The summed E-state index contributed by atoms with van der Waals surface area (Å²) in [7, 11) is 0. The molecule has 0 radical (unpaired) electrons. The van der Waals surface area contributed by atoms with Gasteiger partial charge in [0.25, 0.3) is 11.8 Å². The lowest BCUT2D eigenvalue weighted by molar-refractivity contribution is 0.0435. The molecule has 0 fully saturated rings. The first kappa shape index (κ1) is 16.6. The Bertz CT molecular complexity index is 1030. The maximum atomic E-state index is 12.5. The molecule has 7 heteroatoms. The van der Waals surface area contributed by atoms with Crippen molar-refractivity contribution in [3.05, 3.63) is 84.4 Å². The number of ether oxygens (including phenoxy) is 2. The molecule has 2 heterocycles. The number of carbonyl (C=O) groups excluding carboxylic acids is 1. The first-order chi connectivity index (χ1) is 13.3. The Kier molecular flexibility index (Phi) is 4.65. The second-order valence-corrected chi connectivity index (χ2v) is 5.47. The quantitative estimate of drug-likeness (QED) is 0.467. The van der Waals surface area contributed by atoms with Crippen LogP contribution in [0.4, 0.5) is 0 Å². The van der Waals surface area contributed by atoms with Crippen LogP contribution in [0.25, 0.3) is 11.7 Å². The largest absolute Gasteiger partial charge is 0.459 e. The van der Waals surface area contributed by atoms with Gasteiger partial charge in [0.2, 0.25) is 0 Å². The third-order valence-electron chi connectivity index (χ3n) is 3.60. The van der Waals surface area contributed by atoms with Crippen molar-refractivity contribution >= 4 is 5.97 Å². The van der Waals surface area contributed by atoms with Gasteiger partial charge in [0, 0.05) is 0 Å². The number of esters is 1. The van der Waals surface area contributed by atoms with E-state index >= 15 is 0 Å². The Morgan fingerprint density at radius 2 is 1.74 bits per heavy atom. The van der Waals surface area contributed by atoms with Gasteiger partial charge in [0.1, 0.15) is 17.1 Å². The summed E-state index contributed by atoms with van der Waals surface area (Å²) in [4.78, 5) is 12.5. The number of hydrogen-bond acceptors (Lipinski definition) is 7. The van der Waals surface area contributed by atoms with E-state index in [4.69, 9.17) is 18.3 Å². The molecule has 0 spiro atoms. The Balaban J connectivity index is 1.44. The topological polar surface area (TPSA) is 87.6 Å². The van der Waals surface area contributed by atoms with Crippen molar-refractivity contribution in [3.8, 4) is 23.1 Å². The fraction of sp³-hybridized carbons (Fsp3) is 0.0500. The van der Waals surface area contributed by atoms with E-state index < -0.39 is 5.97 Å². The van der Waals surface area contributed by atoms with E-state index in [9.17, 15) is 4.79 Å². The van der Waals surface area contributed by atoms with Gasteiger partial charge in [-0.2, -0.15) is 0 Å². The van der Waals surface area contributed by atoms with Gasteiger partial charge < -0.3 is 18.3 Å². The number of furan rings is 1. The van der Waals surface area contributed by atoms with Crippen LogP contribution < -0.4 is 4.74 Å². The highest BCUT2D eigenvalue weighted by molar-refractivity contribution is 5.92. The molecule has 134 valence electrons. The molecule has 0 N–H and O–H groups in total. The van der Waals surface area contributed by atoms with Gasteiger partial charge in [-0.3, -0.25) is 0 Å². The van der Waals surface area contributed by atoms with E-state index in [2.05, 4.69) is 10.2 Å². The lowest BCUT2D eigenvalue weighted by Gasteiger charge is -2.10. The van der Waals surface area contributed by atoms with Gasteiger partial charge in [0.05, 0.1) is 6.26 Å². The zero-order valence-electron chi connectivity index (χ0n) is 14.1. The third-order valence-corrected chi connectivity index (χ3v) is 3.60. The summed E-state index contributed by atoms with van der Waals surface area (Å²) >= 11 is 0. The summed E-state index contributed by atoms with van der Waals surface area (Å²) in [6.45, 7) is -0.161. The third kappa shape index (κ3) is 3.87. The highest BCUT2D eigenvalue weighted by atomic mass is 16.5. The first-order valence-electron chi connectivity index (χ1n) is 8.15. The molecule has 0 saturated heterocycles. The number of benzene rings is 2. The van der Waals surface area contributed by atoms with E-state index in [0.717, 1.165) is 0 Å². The molecule has 0 bridgehead atoms. The minimum Gasteiger partial charge on any atom is -0.459 e.